The van der Waals surface area contributed by atoms with Crippen molar-refractivity contribution in [2.45, 2.75) is 37.7 Å². The molecule has 0 N–H and O–H groups in total. The lowest BCUT2D eigenvalue weighted by Gasteiger charge is -2.39. The Morgan fingerprint density at radius 1 is 1.03 bits per heavy atom. The van der Waals surface area contributed by atoms with E-state index in [-0.39, 0.29) is 5.41 Å². The van der Waals surface area contributed by atoms with Gasteiger partial charge >= 0.3 is 5.76 Å². The highest BCUT2D eigenvalue weighted by Gasteiger charge is 2.52. The van der Waals surface area contributed by atoms with Gasteiger partial charge in [-0.3, -0.25) is 0 Å². The summed E-state index contributed by atoms with van der Waals surface area (Å²) in [6, 6.07) is 18.7. The number of fused-ring (bicyclic) bond motifs is 2. The van der Waals surface area contributed by atoms with Crippen molar-refractivity contribution < 1.29 is 9.15 Å². The molecular formula is C27H26N4O3. The average Bonchev–Trinajstić information content (AvgIpc) is 3.59. The number of hydrogen-bond donors (Lipinski definition) is 0. The summed E-state index contributed by atoms with van der Waals surface area (Å²) in [4.78, 5) is 20.1. The maximum atomic E-state index is 11.7. The van der Waals surface area contributed by atoms with E-state index in [4.69, 9.17) is 9.15 Å². The van der Waals surface area contributed by atoms with Gasteiger partial charge in [0.25, 0.3) is 0 Å². The van der Waals surface area contributed by atoms with Crippen LogP contribution < -0.4 is 10.5 Å². The summed E-state index contributed by atoms with van der Waals surface area (Å²) in [6.07, 6.45) is 8.46. The van der Waals surface area contributed by atoms with Crippen LogP contribution in [0.4, 0.5) is 0 Å². The molecule has 2 heterocycles. The molecular weight excluding hydrogens is 428 g/mol. The summed E-state index contributed by atoms with van der Waals surface area (Å²) >= 11 is 0. The van der Waals surface area contributed by atoms with Crippen molar-refractivity contribution in [1.82, 2.24) is 19.7 Å². The van der Waals surface area contributed by atoms with E-state index >= 15 is 0 Å². The van der Waals surface area contributed by atoms with Crippen LogP contribution in [0.5, 0.6) is 5.75 Å². The molecule has 7 heteroatoms. The summed E-state index contributed by atoms with van der Waals surface area (Å²) in [6.45, 7) is 0.348. The number of hydrogen-bond acceptors (Lipinski definition) is 6. The normalized spacial score (nSPS) is 23.3. The first kappa shape index (κ1) is 20.8. The topological polar surface area (TPSA) is 83.0 Å². The molecule has 2 aliphatic rings. The van der Waals surface area contributed by atoms with E-state index in [9.17, 15) is 4.79 Å². The molecule has 0 spiro atoms. The second-order valence-corrected chi connectivity index (χ2v) is 9.40. The fraction of sp³-hybridized carbons (Fsp3) is 0.333. The molecule has 4 aromatic rings. The van der Waals surface area contributed by atoms with Crippen molar-refractivity contribution in [2.24, 2.45) is 18.9 Å². The highest BCUT2D eigenvalue weighted by atomic mass is 16.5. The fourth-order valence-corrected chi connectivity index (χ4v) is 5.98. The molecule has 2 aromatic heterocycles. The van der Waals surface area contributed by atoms with E-state index in [1.807, 2.05) is 12.1 Å². The van der Waals surface area contributed by atoms with Crippen LogP contribution in [0.15, 0.2) is 76.2 Å². The summed E-state index contributed by atoms with van der Waals surface area (Å²) in [5, 5.41) is 4.19. The number of rotatable bonds is 6. The van der Waals surface area contributed by atoms with Crippen LogP contribution in [0.2, 0.25) is 0 Å². The first-order chi connectivity index (χ1) is 16.6. The van der Waals surface area contributed by atoms with Crippen molar-refractivity contribution in [1.29, 1.82) is 0 Å². The Balaban J connectivity index is 1.29. The maximum absolute atomic E-state index is 11.7. The lowest BCUT2D eigenvalue weighted by Crippen LogP contribution is -2.34. The zero-order valence-corrected chi connectivity index (χ0v) is 19.1. The van der Waals surface area contributed by atoms with Gasteiger partial charge in [-0.2, -0.15) is 4.68 Å². The molecule has 0 saturated heterocycles. The van der Waals surface area contributed by atoms with Gasteiger partial charge in [-0.15, -0.1) is 5.10 Å². The molecule has 2 aromatic carbocycles. The Bertz CT molecular complexity index is 1350. The Kier molecular flexibility index (Phi) is 5.05. The summed E-state index contributed by atoms with van der Waals surface area (Å²) in [5.41, 5.74) is 3.45. The van der Waals surface area contributed by atoms with Gasteiger partial charge in [0, 0.05) is 30.4 Å². The minimum absolute atomic E-state index is 0.00648. The third-order valence-corrected chi connectivity index (χ3v) is 7.54. The molecule has 2 saturated carbocycles. The van der Waals surface area contributed by atoms with E-state index < -0.39 is 5.76 Å². The molecule has 0 radical (unpaired) electrons. The largest absolute Gasteiger partial charge is 0.486 e. The molecule has 3 atom stereocenters. The smallest absolute Gasteiger partial charge is 0.437 e. The van der Waals surface area contributed by atoms with Crippen molar-refractivity contribution in [3.8, 4) is 17.2 Å². The first-order valence-corrected chi connectivity index (χ1v) is 11.8. The second-order valence-electron chi connectivity index (χ2n) is 9.40. The molecule has 172 valence electrons. The predicted octanol–water partition coefficient (Wildman–Crippen LogP) is 4.52. The molecule has 2 bridgehead atoms. The number of nitrogens with zero attached hydrogens (tertiary/aromatic N) is 4. The Labute approximate surface area is 197 Å². The van der Waals surface area contributed by atoms with Crippen LogP contribution >= 0.6 is 0 Å². The molecule has 6 rings (SSSR count). The van der Waals surface area contributed by atoms with Crippen molar-refractivity contribution in [3.63, 3.8) is 0 Å². The highest BCUT2D eigenvalue weighted by Crippen LogP contribution is 2.60. The van der Waals surface area contributed by atoms with Crippen molar-refractivity contribution in [2.75, 3.05) is 0 Å². The fourth-order valence-electron chi connectivity index (χ4n) is 5.98. The maximum Gasteiger partial charge on any atom is 0.437 e. The minimum Gasteiger partial charge on any atom is -0.486 e. The number of ether oxygens (including phenoxy) is 1. The Morgan fingerprint density at radius 3 is 2.32 bits per heavy atom. The summed E-state index contributed by atoms with van der Waals surface area (Å²) in [7, 11) is 1.59. The van der Waals surface area contributed by atoms with E-state index in [2.05, 4.69) is 51.5 Å². The van der Waals surface area contributed by atoms with Crippen LogP contribution in [0, 0.1) is 11.8 Å². The molecule has 2 aliphatic carbocycles. The first-order valence-electron chi connectivity index (χ1n) is 11.8. The van der Waals surface area contributed by atoms with Crippen LogP contribution in [0.3, 0.4) is 0 Å². The SMILES string of the molecule is Cn1nc(-c2ccc([C@@]3(c4ccc(OCc5ncccn5)cc4)CC4CC[C@@H]3C4)cc2)oc1=O. The lowest BCUT2D eigenvalue weighted by atomic mass is 9.64. The van der Waals surface area contributed by atoms with Crippen molar-refractivity contribution >= 4 is 0 Å². The molecule has 1 unspecified atom stereocenters. The minimum atomic E-state index is -0.454. The van der Waals surface area contributed by atoms with Gasteiger partial charge < -0.3 is 9.15 Å². The van der Waals surface area contributed by atoms with E-state index in [1.165, 1.54) is 35.1 Å². The molecule has 7 nitrogen and oxygen atoms in total. The molecule has 0 aliphatic heterocycles. The van der Waals surface area contributed by atoms with Gasteiger partial charge in [-0.25, -0.2) is 14.8 Å². The standard InChI is InChI=1S/C27H26N4O3/c1-31-26(32)34-25(30-31)19-4-7-20(8-5-19)27(16-18-3-6-22(27)15-18)21-9-11-23(12-10-21)33-17-24-28-13-2-14-29-24/h2,4-5,7-14,18,22H,3,6,15-17H2,1H3/t18?,22-,27-/m1/s1. The number of aromatic nitrogens is 4. The van der Waals surface area contributed by atoms with Crippen LogP contribution in [0.25, 0.3) is 11.5 Å². The third kappa shape index (κ3) is 3.52. The van der Waals surface area contributed by atoms with E-state index in [0.29, 0.717) is 24.2 Å². The average molecular weight is 455 g/mol. The van der Waals surface area contributed by atoms with E-state index in [1.54, 1.807) is 25.5 Å². The molecule has 0 amide bonds. The van der Waals surface area contributed by atoms with Crippen LogP contribution in [0.1, 0.15) is 42.6 Å². The van der Waals surface area contributed by atoms with Crippen molar-refractivity contribution in [3.05, 3.63) is 94.5 Å². The van der Waals surface area contributed by atoms with E-state index in [0.717, 1.165) is 23.7 Å². The second kappa shape index (κ2) is 8.24. The zero-order valence-electron chi connectivity index (χ0n) is 19.1. The summed E-state index contributed by atoms with van der Waals surface area (Å²) in [5.74, 6) is 2.77. The van der Waals surface area contributed by atoms with Gasteiger partial charge in [0.15, 0.2) is 5.82 Å². The third-order valence-electron chi connectivity index (χ3n) is 7.54. The quantitative estimate of drug-likeness (QED) is 0.426. The lowest BCUT2D eigenvalue weighted by molar-refractivity contribution is 0.294. The highest BCUT2D eigenvalue weighted by molar-refractivity contribution is 5.55. The zero-order chi connectivity index (χ0) is 23.1. The van der Waals surface area contributed by atoms with Gasteiger partial charge in [0.05, 0.1) is 0 Å². The molecule has 34 heavy (non-hydrogen) atoms. The van der Waals surface area contributed by atoms with Crippen LogP contribution in [-0.4, -0.2) is 19.7 Å². The van der Waals surface area contributed by atoms with Crippen LogP contribution in [-0.2, 0) is 19.1 Å². The summed E-state index contributed by atoms with van der Waals surface area (Å²) < 4.78 is 12.4. The molecule has 2 fully saturated rings. The number of aryl methyl sites for hydroxylation is 1. The van der Waals surface area contributed by atoms with Gasteiger partial charge in [0.2, 0.25) is 5.89 Å². The predicted molar refractivity (Wildman–Crippen MR) is 126 cm³/mol. The van der Waals surface area contributed by atoms with Gasteiger partial charge in [-0.05, 0) is 72.6 Å². The number of benzene rings is 2. The monoisotopic (exact) mass is 454 g/mol. The Hall–Kier alpha value is -3.74. The van der Waals surface area contributed by atoms with Gasteiger partial charge in [0.1, 0.15) is 12.4 Å². The van der Waals surface area contributed by atoms with Gasteiger partial charge in [-0.1, -0.05) is 30.7 Å². The Morgan fingerprint density at radius 2 is 1.74 bits per heavy atom.